The molecule has 0 atom stereocenters. The molecule has 2 aliphatic heterocycles. The molecule has 2 aromatic rings. The topological polar surface area (TPSA) is 165 Å². The van der Waals surface area contributed by atoms with Gasteiger partial charge in [-0.2, -0.15) is 0 Å². The smallest absolute Gasteiger partial charge is 0.303 e. The van der Waals surface area contributed by atoms with Crippen LogP contribution in [-0.4, -0.2) is 49.6 Å². The van der Waals surface area contributed by atoms with Crippen LogP contribution in [0.25, 0.3) is 24.3 Å². The second kappa shape index (κ2) is 12.3. The summed E-state index contributed by atoms with van der Waals surface area (Å²) in [6.45, 7) is 15.0. The molecule has 0 saturated heterocycles. The zero-order chi connectivity index (χ0) is 31.6. The third kappa shape index (κ3) is 6.18. The summed E-state index contributed by atoms with van der Waals surface area (Å²) in [7, 11) is 0. The van der Waals surface area contributed by atoms with Gasteiger partial charge in [0.15, 0.2) is 0 Å². The highest BCUT2D eigenvalue weighted by molar-refractivity contribution is 6.31. The summed E-state index contributed by atoms with van der Waals surface area (Å²) < 4.78 is 0. The first-order chi connectivity index (χ1) is 20.4. The molecule has 10 heteroatoms. The minimum absolute atomic E-state index is 0.0942. The number of aliphatic imine (C=N–C) groups is 1. The molecular weight excluding hydrogens is 548 g/mol. The van der Waals surface area contributed by atoms with Crippen molar-refractivity contribution in [1.29, 1.82) is 0 Å². The first-order valence-corrected chi connectivity index (χ1v) is 13.8. The maximum atomic E-state index is 12.4. The first-order valence-electron chi connectivity index (χ1n) is 13.8. The molecule has 0 aromatic carbocycles. The van der Waals surface area contributed by atoms with Crippen LogP contribution in [0.3, 0.4) is 0 Å². The number of carboxylic acids is 2. The van der Waals surface area contributed by atoms with E-state index in [4.69, 9.17) is 0 Å². The number of hydrogen-bond acceptors (Lipinski definition) is 4. The van der Waals surface area contributed by atoms with Crippen LogP contribution in [0.15, 0.2) is 52.2 Å². The summed E-state index contributed by atoms with van der Waals surface area (Å²) >= 11 is 0. The highest BCUT2D eigenvalue weighted by Crippen LogP contribution is 2.29. The van der Waals surface area contributed by atoms with Crippen LogP contribution in [0, 0.1) is 13.8 Å². The number of aromatic nitrogens is 2. The lowest BCUT2D eigenvalue weighted by molar-refractivity contribution is -0.138. The van der Waals surface area contributed by atoms with Crippen molar-refractivity contribution in [2.45, 2.75) is 53.4 Å². The Morgan fingerprint density at radius 3 is 2.09 bits per heavy atom. The minimum Gasteiger partial charge on any atom is -0.481 e. The number of nitrogens with zero attached hydrogens (tertiary/aromatic N) is 1. The number of H-pyrrole nitrogens is 2. The molecule has 0 aliphatic carbocycles. The molecule has 4 rings (SSSR count). The van der Waals surface area contributed by atoms with E-state index in [0.717, 1.165) is 44.2 Å². The second-order valence-electron chi connectivity index (χ2n) is 10.5. The zero-order valence-electron chi connectivity index (χ0n) is 24.6. The van der Waals surface area contributed by atoms with E-state index < -0.39 is 11.9 Å². The SMILES string of the molecule is C=CC1=C(C)C(C=c2[nH]c(=Cc3[nH]c(C=C4NC(=O)C(C)=C4CCC(=O)O)c(CCC(=O)O)c3C)c(C)c2C=C)=NC1=O. The van der Waals surface area contributed by atoms with Gasteiger partial charge < -0.3 is 25.5 Å². The van der Waals surface area contributed by atoms with Crippen LogP contribution in [-0.2, 0) is 25.6 Å². The average Bonchev–Trinajstić information content (AvgIpc) is 3.59. The first kappa shape index (κ1) is 30.7. The van der Waals surface area contributed by atoms with Gasteiger partial charge in [0.1, 0.15) is 0 Å². The molecule has 2 aliphatic rings. The Bertz CT molecular complexity index is 1860. The number of carbonyl (C=O) groups excluding carboxylic acids is 2. The number of aromatic amines is 2. The van der Waals surface area contributed by atoms with E-state index in [1.165, 1.54) is 6.08 Å². The molecule has 222 valence electrons. The summed E-state index contributed by atoms with van der Waals surface area (Å²) in [4.78, 5) is 58.3. The molecule has 10 nitrogen and oxygen atoms in total. The Labute approximate surface area is 248 Å². The molecule has 0 fully saturated rings. The Morgan fingerprint density at radius 2 is 1.49 bits per heavy atom. The number of amides is 2. The zero-order valence-corrected chi connectivity index (χ0v) is 24.6. The quantitative estimate of drug-likeness (QED) is 0.273. The van der Waals surface area contributed by atoms with Gasteiger partial charge in [0.05, 0.1) is 5.71 Å². The molecule has 2 aromatic heterocycles. The van der Waals surface area contributed by atoms with Crippen molar-refractivity contribution < 1.29 is 29.4 Å². The van der Waals surface area contributed by atoms with Gasteiger partial charge in [0.25, 0.3) is 11.8 Å². The predicted octanol–water partition coefficient (Wildman–Crippen LogP) is 3.36. The number of rotatable bonds is 11. The van der Waals surface area contributed by atoms with Crippen LogP contribution >= 0.6 is 0 Å². The molecule has 0 bridgehead atoms. The van der Waals surface area contributed by atoms with Crippen molar-refractivity contribution >= 4 is 53.8 Å². The van der Waals surface area contributed by atoms with Crippen LogP contribution in [0.5, 0.6) is 0 Å². The second-order valence-corrected chi connectivity index (χ2v) is 10.5. The van der Waals surface area contributed by atoms with Crippen molar-refractivity contribution in [2.75, 3.05) is 0 Å². The van der Waals surface area contributed by atoms with Gasteiger partial charge >= 0.3 is 11.9 Å². The van der Waals surface area contributed by atoms with E-state index in [9.17, 15) is 29.4 Å². The number of carbonyl (C=O) groups is 4. The van der Waals surface area contributed by atoms with Gasteiger partial charge in [-0.3, -0.25) is 19.2 Å². The highest BCUT2D eigenvalue weighted by Gasteiger charge is 2.25. The van der Waals surface area contributed by atoms with E-state index in [1.54, 1.807) is 25.2 Å². The molecule has 0 unspecified atom stereocenters. The summed E-state index contributed by atoms with van der Waals surface area (Å²) in [5.41, 5.74) is 8.02. The number of aliphatic carboxylic acids is 2. The lowest BCUT2D eigenvalue weighted by atomic mass is 10.0. The third-order valence-corrected chi connectivity index (χ3v) is 7.87. The van der Waals surface area contributed by atoms with Crippen LogP contribution in [0.4, 0.5) is 0 Å². The number of nitrogens with one attached hydrogen (secondary N) is 3. The minimum atomic E-state index is -0.968. The van der Waals surface area contributed by atoms with Crippen molar-refractivity contribution in [1.82, 2.24) is 15.3 Å². The average molecular weight is 583 g/mol. The highest BCUT2D eigenvalue weighted by atomic mass is 16.4. The van der Waals surface area contributed by atoms with E-state index in [1.807, 2.05) is 26.8 Å². The monoisotopic (exact) mass is 582 g/mol. The van der Waals surface area contributed by atoms with Gasteiger partial charge in [0, 0.05) is 57.3 Å². The van der Waals surface area contributed by atoms with Crippen molar-refractivity contribution in [3.63, 3.8) is 0 Å². The van der Waals surface area contributed by atoms with E-state index in [0.29, 0.717) is 33.8 Å². The standard InChI is InChI=1S/C33H34N4O6/c1-7-20-16(3)24(34-27(20)14-26-17(4)21(8-2)33(43)36-26)13-25-18(5)22(9-11-30(38)39)28(35-25)15-29-23(10-12-31(40)41)19(6)32(42)37-29/h7-8,13-15,34-35H,1-2,9-12H2,3-6H3,(H,37,42)(H,38,39)(H,40,41). The maximum absolute atomic E-state index is 12.4. The fourth-order valence-corrected chi connectivity index (χ4v) is 5.34. The summed E-state index contributed by atoms with van der Waals surface area (Å²) in [5, 5.41) is 22.9. The molecule has 4 heterocycles. The normalized spacial score (nSPS) is 16.9. The molecular formula is C33H34N4O6. The Morgan fingerprint density at radius 1 is 0.814 bits per heavy atom. The van der Waals surface area contributed by atoms with E-state index in [2.05, 4.69) is 33.4 Å². The van der Waals surface area contributed by atoms with E-state index >= 15 is 0 Å². The molecule has 5 N–H and O–H groups in total. The van der Waals surface area contributed by atoms with Crippen molar-refractivity contribution in [3.8, 4) is 0 Å². The van der Waals surface area contributed by atoms with Crippen molar-refractivity contribution in [3.05, 3.63) is 91.6 Å². The Hall–Kier alpha value is -5.25. The summed E-state index contributed by atoms with van der Waals surface area (Å²) in [5.74, 6) is -2.54. The largest absolute Gasteiger partial charge is 0.481 e. The van der Waals surface area contributed by atoms with Gasteiger partial charge in [-0.15, -0.1) is 0 Å². The van der Waals surface area contributed by atoms with Crippen LogP contribution < -0.4 is 16.0 Å². The van der Waals surface area contributed by atoms with Crippen LogP contribution in [0.1, 0.15) is 66.8 Å². The molecule has 0 radical (unpaired) electrons. The van der Waals surface area contributed by atoms with Gasteiger partial charge in [-0.25, -0.2) is 4.99 Å². The third-order valence-electron chi connectivity index (χ3n) is 7.87. The lowest BCUT2D eigenvalue weighted by Gasteiger charge is -2.06. The molecule has 2 amide bonds. The lowest BCUT2D eigenvalue weighted by Crippen LogP contribution is -2.15. The fourth-order valence-electron chi connectivity index (χ4n) is 5.34. The summed E-state index contributed by atoms with van der Waals surface area (Å²) in [6.07, 6.45) is 8.89. The Balaban J connectivity index is 1.85. The fraction of sp³-hybridized carbons (Fsp3) is 0.242. The molecule has 43 heavy (non-hydrogen) atoms. The van der Waals surface area contributed by atoms with Gasteiger partial charge in [-0.05, 0) is 86.6 Å². The maximum Gasteiger partial charge on any atom is 0.303 e. The number of carboxylic acid groups (broad SMARTS) is 2. The predicted molar refractivity (Wildman–Crippen MR) is 165 cm³/mol. The Kier molecular flexibility index (Phi) is 8.80. The molecule has 0 spiro atoms. The van der Waals surface area contributed by atoms with Crippen LogP contribution in [0.2, 0.25) is 0 Å². The van der Waals surface area contributed by atoms with Gasteiger partial charge in [0.2, 0.25) is 0 Å². The van der Waals surface area contributed by atoms with Crippen molar-refractivity contribution in [2.24, 2.45) is 4.99 Å². The summed E-state index contributed by atoms with van der Waals surface area (Å²) in [6, 6.07) is 0. The molecule has 0 saturated carbocycles. The number of hydrogen-bond donors (Lipinski definition) is 5. The van der Waals surface area contributed by atoms with E-state index in [-0.39, 0.29) is 37.5 Å². The number of allylic oxidation sites excluding steroid dienone is 2. The van der Waals surface area contributed by atoms with Gasteiger partial charge in [-0.1, -0.05) is 25.3 Å².